The number of hydrogen-bond acceptors (Lipinski definition) is 18. The van der Waals surface area contributed by atoms with E-state index < -0.39 is 57.9 Å². The van der Waals surface area contributed by atoms with E-state index in [-0.39, 0.29) is 126 Å². The van der Waals surface area contributed by atoms with Gasteiger partial charge in [-0.25, -0.2) is 9.59 Å². The number of likely N-dealkylation sites (tertiary alicyclic amines) is 2. The van der Waals surface area contributed by atoms with E-state index in [1.807, 2.05) is 86.9 Å². The van der Waals surface area contributed by atoms with Gasteiger partial charge in [-0.05, 0) is 93.5 Å². The SMILES string of the molecule is C.C[N+](CCOC(=O)OCCl)(Cc1ccccc1)Cc1ccc([N+](=O)[O-])cc1.C[N+](CCOC(=O)OCOC(=O)CCC[N+]1(Cc2ccc([N+](=O)[O-])cc2)CCCCC1)(Cc1ccccc1)Cc1ccc([N+](=O)[O-])cc1.O=C([O-])CCC[N+]1(Cc2ccc([N+](=O)[O-])cc2)CCCCC1.[2H]CF.[Br-].[Br-].[Na+]. The standard InChI is InChI=1S/C35H44N4O9.C19H22ClN2O5.C16H22N2O4.CH3F.CH4.2BrH.Na/c1-38(25-29-9-4-2-5-10-29,26-30-12-16-32(17-13-30)36(42)43)23-24-46-35(41)48-28-47-34(40)11-8-22-39(20-6-3-7-21-39)27-31-14-18-33(19-15-31)37(44)45;1-22(11-12-26-19(23)27-15-20,13-16-5-3-2-4-6-16)14-17-7-9-18(10-8-17)21(24)25;19-16(20)5-4-12-18(10-2-1-3-11-18)13-14-6-8-15(9-7-14)17(21)22;1-2;;;;/h2,4-5,9-10,12-19H,3,6-8,11,20-28H2,1H3;2-10H,11-15H2,1H3;6-9H,1-5,10-13H2;1H3;1H4;2*1H;/q+2;+1;;;;;;+1/p-2/i;;;1D;;;;. The second-order valence-corrected chi connectivity index (χ2v) is 25.5. The topological polar surface area (TPSA) is 310 Å². The van der Waals surface area contributed by atoms with Gasteiger partial charge in [0.25, 0.3) is 22.7 Å². The number of carboxylic acids is 1. The number of piperidine rings is 2. The molecule has 2 atom stereocenters. The number of ether oxygens (including phenoxy) is 5. The van der Waals surface area contributed by atoms with Gasteiger partial charge in [0, 0.05) is 101 Å². The van der Waals surface area contributed by atoms with Gasteiger partial charge in [-0.2, -0.15) is 0 Å². The van der Waals surface area contributed by atoms with Crippen molar-refractivity contribution in [3.05, 3.63) is 232 Å². The second kappa shape index (κ2) is 49.2. The number of hydrogen-bond donors (Lipinski definition) is 0. The maximum Gasteiger partial charge on any atom is 1.00 e. The van der Waals surface area contributed by atoms with Crippen molar-refractivity contribution in [1.82, 2.24) is 0 Å². The zero-order valence-corrected chi connectivity index (χ0v) is 63.9. The van der Waals surface area contributed by atoms with E-state index in [0.717, 1.165) is 120 Å². The average Bonchev–Trinajstić information content (AvgIpc) is 0.849. The Kier molecular flexibility index (Phi) is 43.7. The first kappa shape index (κ1) is 91.5. The van der Waals surface area contributed by atoms with E-state index in [4.69, 9.17) is 31.9 Å². The number of carbonyl (C=O) groups is 4. The number of halogens is 4. The van der Waals surface area contributed by atoms with Crippen molar-refractivity contribution in [2.24, 2.45) is 0 Å². The van der Waals surface area contributed by atoms with Crippen LogP contribution in [0.15, 0.2) is 158 Å². The summed E-state index contributed by atoms with van der Waals surface area (Å²) in [5.74, 6) is -1.46. The van der Waals surface area contributed by atoms with Gasteiger partial charge >= 0.3 is 47.8 Å². The van der Waals surface area contributed by atoms with Gasteiger partial charge in [-0.15, -0.1) is 0 Å². The number of benzene rings is 6. The van der Waals surface area contributed by atoms with E-state index in [9.17, 15) is 69.1 Å². The molecule has 2 fully saturated rings. The van der Waals surface area contributed by atoms with Gasteiger partial charge in [-0.1, -0.05) is 79.7 Å². The minimum atomic E-state index is -1.00. The molecule has 0 spiro atoms. The number of non-ortho nitro benzene ring substituents is 4. The van der Waals surface area contributed by atoms with E-state index in [0.29, 0.717) is 61.1 Å². The Hall–Kier alpha value is -7.58. The third-order valence-electron chi connectivity index (χ3n) is 17.4. The van der Waals surface area contributed by atoms with Crippen molar-refractivity contribution >= 4 is 58.6 Å². The van der Waals surface area contributed by atoms with Gasteiger partial charge in [0.15, 0.2) is 6.07 Å². The molecule has 6 aromatic rings. The predicted octanol–water partition coefficient (Wildman–Crippen LogP) is 4.24. The summed E-state index contributed by atoms with van der Waals surface area (Å²) in [5.41, 5.74) is 6.46. The molecule has 0 saturated carbocycles. The third kappa shape index (κ3) is 35.2. The summed E-state index contributed by atoms with van der Waals surface area (Å²) in [6, 6.07) is 45.9. The Morgan fingerprint density at radius 1 is 0.476 bits per heavy atom. The molecule has 103 heavy (non-hydrogen) atoms. The fraction of sp³-hybridized carbons (Fsp3) is 0.444. The molecule has 0 amide bonds. The first-order valence-electron chi connectivity index (χ1n) is 33.3. The number of aliphatic carboxylic acids is 1. The van der Waals surface area contributed by atoms with E-state index in [1.54, 1.807) is 36.4 Å². The molecule has 2 aliphatic heterocycles. The number of likely N-dealkylation sites (N-methyl/N-ethyl adjacent to an activating group) is 2. The summed E-state index contributed by atoms with van der Waals surface area (Å²) in [4.78, 5) is 88.6. The zero-order chi connectivity index (χ0) is 72.8. The maximum absolute atomic E-state index is 12.4. The average molecular weight is 1600 g/mol. The molecule has 0 radical (unpaired) electrons. The first-order chi connectivity index (χ1) is 47.9. The van der Waals surface area contributed by atoms with Gasteiger partial charge < -0.3 is 85.5 Å². The van der Waals surface area contributed by atoms with Gasteiger partial charge in [0.2, 0.25) is 6.79 Å². The van der Waals surface area contributed by atoms with Crippen LogP contribution in [0.1, 0.15) is 106 Å². The van der Waals surface area contributed by atoms with Crippen LogP contribution >= 0.6 is 11.6 Å². The number of quaternary nitrogens is 4. The monoisotopic (exact) mass is 1600 g/mol. The summed E-state index contributed by atoms with van der Waals surface area (Å²) >= 11 is 5.34. The normalized spacial score (nSPS) is 14.2. The molecule has 0 aliphatic carbocycles. The summed E-state index contributed by atoms with van der Waals surface area (Å²) in [7, 11) is 3.07. The van der Waals surface area contributed by atoms with Crippen molar-refractivity contribution in [1.29, 1.82) is 0 Å². The van der Waals surface area contributed by atoms with Crippen molar-refractivity contribution < 1.29 is 155 Å². The van der Waals surface area contributed by atoms with Gasteiger partial charge in [0.1, 0.15) is 65.6 Å². The number of nitro groups is 4. The number of nitrogens with zero attached hydrogens (tertiary/aromatic N) is 8. The van der Waals surface area contributed by atoms with Gasteiger partial charge in [0.05, 0.1) is 88.0 Å². The minimum absolute atomic E-state index is 0. The molecule has 2 heterocycles. The number of carboxylic acid groups (broad SMARTS) is 1. The van der Waals surface area contributed by atoms with Crippen LogP contribution in [0.3, 0.4) is 0 Å². The zero-order valence-electron chi connectivity index (χ0n) is 59.0. The van der Waals surface area contributed by atoms with E-state index >= 15 is 0 Å². The summed E-state index contributed by atoms with van der Waals surface area (Å²) in [6.07, 6.45) is 6.63. The fourth-order valence-electron chi connectivity index (χ4n) is 12.5. The molecule has 0 aromatic heterocycles. The molecule has 31 heteroatoms. The predicted molar refractivity (Wildman–Crippen MR) is 371 cm³/mol. The van der Waals surface area contributed by atoms with Crippen LogP contribution in [0.5, 0.6) is 0 Å². The second-order valence-electron chi connectivity index (χ2n) is 25.3. The molecule has 2 unspecified atom stereocenters. The Morgan fingerprint density at radius 3 is 1.09 bits per heavy atom. The van der Waals surface area contributed by atoms with Crippen LogP contribution in [0, 0.1) is 40.5 Å². The molecule has 0 bridgehead atoms. The molecule has 2 aliphatic rings. The number of rotatable bonds is 33. The third-order valence-corrected chi connectivity index (χ3v) is 17.5. The summed E-state index contributed by atoms with van der Waals surface area (Å²) in [6.45, 7) is 10.4. The van der Waals surface area contributed by atoms with Gasteiger partial charge in [-0.3, -0.25) is 49.6 Å². The molecular formula is C72H95Br2ClFN8NaO18+2. The van der Waals surface area contributed by atoms with Crippen molar-refractivity contribution in [3.63, 3.8) is 0 Å². The molecule has 2 saturated heterocycles. The molecule has 26 nitrogen and oxygen atoms in total. The number of carbonyl (C=O) groups excluding carboxylic acids is 4. The molecule has 558 valence electrons. The number of alkyl halides is 2. The molecule has 8 rings (SSSR count). The van der Waals surface area contributed by atoms with Crippen LogP contribution < -0.4 is 68.6 Å². The summed E-state index contributed by atoms with van der Waals surface area (Å²) < 4.78 is 43.3. The van der Waals surface area contributed by atoms with E-state index in [1.165, 1.54) is 61.4 Å². The van der Waals surface area contributed by atoms with Crippen LogP contribution in [0.25, 0.3) is 0 Å². The Balaban J connectivity index is 0.000000819. The Bertz CT molecular complexity index is 3530. The Morgan fingerprint density at radius 2 is 0.777 bits per heavy atom. The van der Waals surface area contributed by atoms with Crippen LogP contribution in [0.4, 0.5) is 36.7 Å². The molecular weight excluding hydrogens is 1500 g/mol. The number of nitro benzene ring substituents is 4. The van der Waals surface area contributed by atoms with Crippen molar-refractivity contribution in [3.8, 4) is 0 Å². The minimum Gasteiger partial charge on any atom is -1.00 e. The van der Waals surface area contributed by atoms with Crippen molar-refractivity contribution in [2.75, 3.05) is 99.7 Å². The smallest absolute Gasteiger partial charge is 1.00 e. The largest absolute Gasteiger partial charge is 1.00 e. The van der Waals surface area contributed by atoms with Crippen LogP contribution in [-0.4, -0.2) is 162 Å². The fourth-order valence-corrected chi connectivity index (χ4v) is 12.6. The van der Waals surface area contributed by atoms with Crippen molar-refractivity contribution in [2.45, 2.75) is 111 Å². The van der Waals surface area contributed by atoms with Crippen LogP contribution in [-0.2, 0) is 72.5 Å². The quantitative estimate of drug-likeness (QED) is 0.00813. The Labute approximate surface area is 651 Å². The first-order valence-corrected chi connectivity index (χ1v) is 33.2. The molecule has 0 N–H and O–H groups in total. The van der Waals surface area contributed by atoms with E-state index in [2.05, 4.69) is 4.74 Å². The van der Waals surface area contributed by atoms with Crippen LogP contribution in [0.2, 0.25) is 0 Å². The molecule has 6 aromatic carbocycles. The number of esters is 1. The maximum atomic E-state index is 12.4. The summed E-state index contributed by atoms with van der Waals surface area (Å²) in [5, 5.41) is 54.2.